The Hall–Kier alpha value is -0.770. The van der Waals surface area contributed by atoms with Gasteiger partial charge in [0.2, 0.25) is 0 Å². The van der Waals surface area contributed by atoms with Gasteiger partial charge in [0.05, 0.1) is 6.61 Å². The molecule has 0 aromatic rings. The highest BCUT2D eigenvalue weighted by Crippen LogP contribution is 2.11. The first kappa shape index (κ1) is 17.3. The Morgan fingerprint density at radius 3 is 2.15 bits per heavy atom. The highest BCUT2D eigenvalue weighted by molar-refractivity contribution is 5.61. The Bertz CT molecular complexity index is 243. The van der Waals surface area contributed by atoms with Crippen LogP contribution in [0.25, 0.3) is 0 Å². The summed E-state index contributed by atoms with van der Waals surface area (Å²) in [5.41, 5.74) is 0. The molecule has 1 aliphatic heterocycles. The van der Waals surface area contributed by atoms with E-state index in [1.54, 1.807) is 0 Å². The second kappa shape index (κ2) is 12.0. The molecule has 4 nitrogen and oxygen atoms in total. The number of hydrogen-bond donors (Lipinski definition) is 0. The van der Waals surface area contributed by atoms with Crippen LogP contribution in [0.4, 0.5) is 4.79 Å². The van der Waals surface area contributed by atoms with Crippen LogP contribution in [0.2, 0.25) is 0 Å². The third kappa shape index (κ3) is 9.18. The second-order valence-corrected chi connectivity index (χ2v) is 5.56. The third-order valence-electron chi connectivity index (χ3n) is 3.60. The van der Waals surface area contributed by atoms with Crippen molar-refractivity contribution < 1.29 is 19.0 Å². The summed E-state index contributed by atoms with van der Waals surface area (Å²) in [7, 11) is 0. The molecule has 0 radical (unpaired) electrons. The lowest BCUT2D eigenvalue weighted by molar-refractivity contribution is 0.0443. The monoisotopic (exact) mass is 286 g/mol. The van der Waals surface area contributed by atoms with Gasteiger partial charge in [0.15, 0.2) is 6.10 Å². The molecule has 1 rings (SSSR count). The minimum absolute atomic E-state index is 0.203. The van der Waals surface area contributed by atoms with Crippen molar-refractivity contribution in [3.05, 3.63) is 0 Å². The first-order valence-corrected chi connectivity index (χ1v) is 8.24. The number of carbonyl (C=O) groups is 1. The van der Waals surface area contributed by atoms with Gasteiger partial charge in [-0.25, -0.2) is 4.79 Å². The fourth-order valence-corrected chi connectivity index (χ4v) is 2.35. The van der Waals surface area contributed by atoms with Crippen LogP contribution in [0.5, 0.6) is 0 Å². The molecule has 0 aromatic carbocycles. The normalized spacial score (nSPS) is 18.1. The number of rotatable bonds is 13. The van der Waals surface area contributed by atoms with Gasteiger partial charge in [0.25, 0.3) is 0 Å². The van der Waals surface area contributed by atoms with Crippen LogP contribution < -0.4 is 0 Å². The second-order valence-electron chi connectivity index (χ2n) is 5.56. The van der Waals surface area contributed by atoms with E-state index in [1.807, 2.05) is 0 Å². The van der Waals surface area contributed by atoms with E-state index in [2.05, 4.69) is 11.7 Å². The summed E-state index contributed by atoms with van der Waals surface area (Å²) in [6, 6.07) is 0. The zero-order chi connectivity index (χ0) is 14.5. The number of ether oxygens (including phenoxy) is 3. The van der Waals surface area contributed by atoms with Crippen molar-refractivity contribution in [1.82, 2.24) is 0 Å². The maximum Gasteiger partial charge on any atom is 0.508 e. The predicted octanol–water partition coefficient (Wildman–Crippen LogP) is 4.46. The molecule has 0 bridgehead atoms. The standard InChI is InChI=1S/C16H30O4/c1-2-3-4-5-6-7-8-9-10-11-12-18-13-15-14-19-16(17)20-15/h15H,2-14H2,1H3. The third-order valence-corrected chi connectivity index (χ3v) is 3.60. The van der Waals surface area contributed by atoms with E-state index in [0.29, 0.717) is 13.2 Å². The fraction of sp³-hybridized carbons (Fsp3) is 0.938. The Balaban J connectivity index is 1.71. The van der Waals surface area contributed by atoms with Crippen LogP contribution in [0.1, 0.15) is 71.1 Å². The molecule has 1 aliphatic rings. The molecule has 4 heteroatoms. The van der Waals surface area contributed by atoms with Crippen molar-refractivity contribution in [3.8, 4) is 0 Å². The molecule has 118 valence electrons. The van der Waals surface area contributed by atoms with Crippen LogP contribution in [0.15, 0.2) is 0 Å². The van der Waals surface area contributed by atoms with E-state index in [4.69, 9.17) is 9.47 Å². The van der Waals surface area contributed by atoms with Crippen LogP contribution >= 0.6 is 0 Å². The van der Waals surface area contributed by atoms with Gasteiger partial charge in [-0.15, -0.1) is 0 Å². The first-order chi connectivity index (χ1) is 9.83. The van der Waals surface area contributed by atoms with Crippen LogP contribution in [0.3, 0.4) is 0 Å². The highest BCUT2D eigenvalue weighted by Gasteiger charge is 2.24. The van der Waals surface area contributed by atoms with E-state index in [1.165, 1.54) is 57.8 Å². The molecule has 1 unspecified atom stereocenters. The van der Waals surface area contributed by atoms with Gasteiger partial charge in [0.1, 0.15) is 6.61 Å². The number of hydrogen-bond acceptors (Lipinski definition) is 4. The Morgan fingerprint density at radius 1 is 1.00 bits per heavy atom. The van der Waals surface area contributed by atoms with Gasteiger partial charge in [-0.05, 0) is 6.42 Å². The van der Waals surface area contributed by atoms with Crippen molar-refractivity contribution in [2.45, 2.75) is 77.2 Å². The molecule has 1 fully saturated rings. The minimum atomic E-state index is -0.572. The largest absolute Gasteiger partial charge is 0.508 e. The smallest absolute Gasteiger partial charge is 0.430 e. The van der Waals surface area contributed by atoms with Crippen molar-refractivity contribution in [3.63, 3.8) is 0 Å². The van der Waals surface area contributed by atoms with Crippen LogP contribution in [-0.4, -0.2) is 32.1 Å². The lowest BCUT2D eigenvalue weighted by atomic mass is 10.1. The van der Waals surface area contributed by atoms with Crippen LogP contribution in [0, 0.1) is 0 Å². The maximum absolute atomic E-state index is 10.7. The van der Waals surface area contributed by atoms with Gasteiger partial charge in [-0.2, -0.15) is 0 Å². The average Bonchev–Trinajstić information content (AvgIpc) is 2.86. The summed E-state index contributed by atoms with van der Waals surface area (Å²) in [5, 5.41) is 0. The first-order valence-electron chi connectivity index (χ1n) is 8.24. The molecule has 1 atom stereocenters. The maximum atomic E-state index is 10.7. The van der Waals surface area contributed by atoms with Gasteiger partial charge in [0, 0.05) is 6.61 Å². The van der Waals surface area contributed by atoms with Crippen molar-refractivity contribution in [2.24, 2.45) is 0 Å². The molecule has 0 aliphatic carbocycles. The summed E-state index contributed by atoms with van der Waals surface area (Å²) in [6.07, 6.45) is 12.5. The van der Waals surface area contributed by atoms with Crippen molar-refractivity contribution in [1.29, 1.82) is 0 Å². The molecule has 0 aromatic heterocycles. The lowest BCUT2D eigenvalue weighted by Crippen LogP contribution is -2.18. The molecular weight excluding hydrogens is 256 g/mol. The number of cyclic esters (lactones) is 2. The molecular formula is C16H30O4. The molecule has 1 heterocycles. The molecule has 1 saturated heterocycles. The zero-order valence-electron chi connectivity index (χ0n) is 12.9. The average molecular weight is 286 g/mol. The van der Waals surface area contributed by atoms with E-state index in [9.17, 15) is 4.79 Å². The minimum Gasteiger partial charge on any atom is -0.430 e. The Morgan fingerprint density at radius 2 is 1.60 bits per heavy atom. The summed E-state index contributed by atoms with van der Waals surface area (Å²) < 4.78 is 15.0. The highest BCUT2D eigenvalue weighted by atomic mass is 16.8. The molecule has 0 amide bonds. The molecule has 0 N–H and O–H groups in total. The summed E-state index contributed by atoms with van der Waals surface area (Å²) in [6.45, 7) is 3.80. The van der Waals surface area contributed by atoms with Gasteiger partial charge >= 0.3 is 6.16 Å². The van der Waals surface area contributed by atoms with Gasteiger partial charge in [-0.1, -0.05) is 64.7 Å². The zero-order valence-corrected chi connectivity index (χ0v) is 12.9. The van der Waals surface area contributed by atoms with E-state index >= 15 is 0 Å². The topological polar surface area (TPSA) is 44.8 Å². The van der Waals surface area contributed by atoms with Gasteiger partial charge < -0.3 is 14.2 Å². The summed E-state index contributed by atoms with van der Waals surface area (Å²) in [4.78, 5) is 10.7. The quantitative estimate of drug-likeness (QED) is 0.370. The van der Waals surface area contributed by atoms with E-state index < -0.39 is 6.16 Å². The molecule has 0 spiro atoms. The number of unbranched alkanes of at least 4 members (excludes halogenated alkanes) is 9. The lowest BCUT2D eigenvalue weighted by Gasteiger charge is -2.07. The fourth-order valence-electron chi connectivity index (χ4n) is 2.35. The summed E-state index contributed by atoms with van der Waals surface area (Å²) >= 11 is 0. The van der Waals surface area contributed by atoms with Crippen molar-refractivity contribution >= 4 is 6.16 Å². The molecule has 0 saturated carbocycles. The Labute approximate surface area is 123 Å². The summed E-state index contributed by atoms with van der Waals surface area (Å²) in [5.74, 6) is 0. The van der Waals surface area contributed by atoms with E-state index in [-0.39, 0.29) is 6.10 Å². The van der Waals surface area contributed by atoms with Crippen LogP contribution in [-0.2, 0) is 14.2 Å². The SMILES string of the molecule is CCCCCCCCCCCCOCC1COC(=O)O1. The predicted molar refractivity (Wildman–Crippen MR) is 78.9 cm³/mol. The number of carbonyl (C=O) groups excluding carboxylic acids is 1. The Kier molecular flexibility index (Phi) is 10.4. The van der Waals surface area contributed by atoms with Gasteiger partial charge in [-0.3, -0.25) is 0 Å². The van der Waals surface area contributed by atoms with Crippen molar-refractivity contribution in [2.75, 3.05) is 19.8 Å². The molecule has 20 heavy (non-hydrogen) atoms. The van der Waals surface area contributed by atoms with E-state index in [0.717, 1.165) is 13.0 Å².